The van der Waals surface area contributed by atoms with Gasteiger partial charge in [0.05, 0.1) is 36.0 Å². The molecule has 37 heavy (non-hydrogen) atoms. The summed E-state index contributed by atoms with van der Waals surface area (Å²) >= 11 is 0. The zero-order valence-electron chi connectivity index (χ0n) is 19.4. The summed E-state index contributed by atoms with van der Waals surface area (Å²) < 4.78 is 6.72. The number of carbonyl (C=O) groups is 4. The Balaban J connectivity index is 1.27. The molecular weight excluding hydrogens is 478 g/mol. The first-order valence-corrected chi connectivity index (χ1v) is 11.0. The van der Waals surface area contributed by atoms with Crippen LogP contribution in [-0.2, 0) is 6.54 Å². The van der Waals surface area contributed by atoms with E-state index in [0.29, 0.717) is 27.9 Å². The van der Waals surface area contributed by atoms with Crippen molar-refractivity contribution in [3.05, 3.63) is 101 Å². The van der Waals surface area contributed by atoms with E-state index in [-0.39, 0.29) is 17.9 Å². The molecule has 0 radical (unpaired) electrons. The number of hydrogen-bond donors (Lipinski definition) is 2. The lowest BCUT2D eigenvalue weighted by molar-refractivity contribution is 0.0642. The number of tetrazole rings is 1. The maximum absolute atomic E-state index is 12.9. The molecule has 0 saturated carbocycles. The van der Waals surface area contributed by atoms with Gasteiger partial charge in [0.2, 0.25) is 0 Å². The van der Waals surface area contributed by atoms with E-state index in [2.05, 4.69) is 26.4 Å². The Labute approximate surface area is 209 Å². The van der Waals surface area contributed by atoms with Crippen molar-refractivity contribution in [2.45, 2.75) is 6.54 Å². The van der Waals surface area contributed by atoms with Gasteiger partial charge in [-0.25, -0.2) is 4.68 Å². The van der Waals surface area contributed by atoms with Gasteiger partial charge in [0.15, 0.2) is 0 Å². The van der Waals surface area contributed by atoms with E-state index >= 15 is 0 Å². The van der Waals surface area contributed by atoms with Gasteiger partial charge >= 0.3 is 0 Å². The lowest BCUT2D eigenvalue weighted by atomic mass is 10.1. The first-order valence-electron chi connectivity index (χ1n) is 11.0. The number of aromatic nitrogens is 4. The number of fused-ring (bicyclic) bond motifs is 1. The van der Waals surface area contributed by atoms with Gasteiger partial charge in [-0.05, 0) is 64.5 Å². The summed E-state index contributed by atoms with van der Waals surface area (Å²) in [5.41, 5.74) is 7.01. The highest BCUT2D eigenvalue weighted by atomic mass is 16.5. The Morgan fingerprint density at radius 3 is 2.19 bits per heavy atom. The fourth-order valence-electron chi connectivity index (χ4n) is 3.89. The van der Waals surface area contributed by atoms with Crippen LogP contribution in [0.25, 0.3) is 5.69 Å². The molecule has 0 unspecified atom stereocenters. The van der Waals surface area contributed by atoms with Gasteiger partial charge in [-0.2, -0.15) is 0 Å². The zero-order chi connectivity index (χ0) is 25.9. The first kappa shape index (κ1) is 23.4. The molecule has 0 atom stereocenters. The van der Waals surface area contributed by atoms with E-state index in [1.165, 1.54) is 24.2 Å². The minimum atomic E-state index is -0.639. The highest BCUT2D eigenvalue weighted by molar-refractivity contribution is 6.21. The van der Waals surface area contributed by atoms with Crippen LogP contribution in [0.2, 0.25) is 0 Å². The maximum Gasteiger partial charge on any atom is 0.273 e. The average molecular weight is 497 g/mol. The van der Waals surface area contributed by atoms with Crippen molar-refractivity contribution in [3.8, 4) is 11.4 Å². The third-order valence-corrected chi connectivity index (χ3v) is 5.76. The number of rotatable bonds is 6. The Hall–Kier alpha value is -5.39. The molecule has 12 heteroatoms. The highest BCUT2D eigenvalue weighted by Gasteiger charge is 2.35. The van der Waals surface area contributed by atoms with E-state index < -0.39 is 23.6 Å². The number of imide groups is 1. The van der Waals surface area contributed by atoms with Gasteiger partial charge in [0, 0.05) is 5.56 Å². The van der Waals surface area contributed by atoms with E-state index in [1.807, 2.05) is 0 Å². The van der Waals surface area contributed by atoms with Crippen molar-refractivity contribution in [3.63, 3.8) is 0 Å². The predicted octanol–water partition coefficient (Wildman–Crippen LogP) is 1.54. The van der Waals surface area contributed by atoms with Crippen LogP contribution in [0.5, 0.6) is 5.75 Å². The number of ether oxygens (including phenoxy) is 1. The molecule has 184 valence electrons. The number of hydrogen-bond acceptors (Lipinski definition) is 8. The molecule has 12 nitrogen and oxygen atoms in total. The van der Waals surface area contributed by atoms with Crippen LogP contribution in [0, 0.1) is 0 Å². The molecule has 1 aliphatic heterocycles. The van der Waals surface area contributed by atoms with E-state index in [0.717, 1.165) is 4.90 Å². The van der Waals surface area contributed by atoms with Crippen LogP contribution in [0.1, 0.15) is 47.0 Å². The molecule has 2 N–H and O–H groups in total. The molecule has 2 heterocycles. The smallest absolute Gasteiger partial charge is 0.273 e. The van der Waals surface area contributed by atoms with Crippen molar-refractivity contribution in [1.29, 1.82) is 0 Å². The number of carbonyl (C=O) groups excluding carboxylic acids is 4. The summed E-state index contributed by atoms with van der Waals surface area (Å²) in [5.74, 6) is -1.73. The third-order valence-electron chi connectivity index (χ3n) is 5.76. The molecular formula is C25H19N7O5. The molecule has 0 bridgehead atoms. The van der Waals surface area contributed by atoms with Crippen LogP contribution < -0.4 is 15.6 Å². The van der Waals surface area contributed by atoms with Crippen molar-refractivity contribution < 1.29 is 23.9 Å². The molecule has 5 rings (SSSR count). The number of nitrogens with one attached hydrogen (secondary N) is 2. The van der Waals surface area contributed by atoms with Crippen molar-refractivity contribution in [1.82, 2.24) is 36.0 Å². The lowest BCUT2D eigenvalue weighted by Crippen LogP contribution is -2.41. The third kappa shape index (κ3) is 4.50. The van der Waals surface area contributed by atoms with Crippen LogP contribution in [0.4, 0.5) is 0 Å². The van der Waals surface area contributed by atoms with Crippen LogP contribution >= 0.6 is 0 Å². The number of nitrogens with zero attached hydrogens (tertiary/aromatic N) is 5. The Bertz CT molecular complexity index is 1480. The second-order valence-corrected chi connectivity index (χ2v) is 7.99. The molecule has 4 aromatic rings. The second-order valence-electron chi connectivity index (χ2n) is 7.99. The van der Waals surface area contributed by atoms with Crippen LogP contribution in [0.3, 0.4) is 0 Å². The first-order chi connectivity index (χ1) is 18.0. The van der Waals surface area contributed by atoms with E-state index in [1.54, 1.807) is 60.7 Å². The van der Waals surface area contributed by atoms with Gasteiger partial charge in [-0.1, -0.05) is 18.2 Å². The highest BCUT2D eigenvalue weighted by Crippen LogP contribution is 2.26. The fraction of sp³-hybridized carbons (Fsp3) is 0.0800. The number of hydrazine groups is 1. The molecule has 3 aromatic carbocycles. The zero-order valence-corrected chi connectivity index (χ0v) is 19.4. The lowest BCUT2D eigenvalue weighted by Gasteiger charge is -2.16. The molecule has 0 spiro atoms. The van der Waals surface area contributed by atoms with Gasteiger partial charge in [0.1, 0.15) is 12.1 Å². The summed E-state index contributed by atoms with van der Waals surface area (Å²) in [6.45, 7) is -0.0311. The number of benzene rings is 3. The van der Waals surface area contributed by atoms with Gasteiger partial charge in [-0.15, -0.1) is 5.10 Å². The van der Waals surface area contributed by atoms with Gasteiger partial charge in [0.25, 0.3) is 23.6 Å². The van der Waals surface area contributed by atoms with Crippen LogP contribution in [0.15, 0.2) is 73.1 Å². The minimum Gasteiger partial charge on any atom is -0.496 e. The maximum atomic E-state index is 12.9. The Morgan fingerprint density at radius 2 is 1.57 bits per heavy atom. The van der Waals surface area contributed by atoms with Crippen LogP contribution in [-0.4, -0.2) is 55.8 Å². The minimum absolute atomic E-state index is 0.0311. The number of methoxy groups -OCH3 is 1. The Morgan fingerprint density at radius 1 is 0.892 bits per heavy atom. The van der Waals surface area contributed by atoms with Gasteiger partial charge in [-0.3, -0.25) is 34.9 Å². The molecule has 1 aromatic heterocycles. The molecule has 4 amide bonds. The average Bonchev–Trinajstić information content (AvgIpc) is 3.56. The summed E-state index contributed by atoms with van der Waals surface area (Å²) in [4.78, 5) is 51.9. The number of amides is 4. The normalized spacial score (nSPS) is 12.3. The second kappa shape index (κ2) is 9.70. The predicted molar refractivity (Wildman–Crippen MR) is 128 cm³/mol. The van der Waals surface area contributed by atoms with E-state index in [9.17, 15) is 19.2 Å². The summed E-state index contributed by atoms with van der Waals surface area (Å²) in [6.07, 6.45) is 1.42. The largest absolute Gasteiger partial charge is 0.496 e. The molecule has 0 fully saturated rings. The Kier molecular flexibility index (Phi) is 6.12. The summed E-state index contributed by atoms with van der Waals surface area (Å²) in [7, 11) is 1.40. The summed E-state index contributed by atoms with van der Waals surface area (Å²) in [5, 5.41) is 10.9. The molecule has 1 aliphatic rings. The quantitative estimate of drug-likeness (QED) is 0.301. The van der Waals surface area contributed by atoms with Crippen molar-refractivity contribution in [2.75, 3.05) is 7.11 Å². The molecule has 0 aliphatic carbocycles. The molecule has 0 saturated heterocycles. The topological polar surface area (TPSA) is 148 Å². The summed E-state index contributed by atoms with van der Waals surface area (Å²) in [6, 6.07) is 17.7. The monoisotopic (exact) mass is 497 g/mol. The fourth-order valence-corrected chi connectivity index (χ4v) is 3.89. The van der Waals surface area contributed by atoms with E-state index in [4.69, 9.17) is 4.74 Å². The van der Waals surface area contributed by atoms with Crippen molar-refractivity contribution >= 4 is 23.6 Å². The SMILES string of the molecule is COc1ccc(CN2C(=O)c3ccccc3C2=O)cc1C(=O)NNC(=O)c1ccc(-n2cnnn2)cc1. The van der Waals surface area contributed by atoms with Crippen molar-refractivity contribution in [2.24, 2.45) is 0 Å². The standard InChI is InChI=1S/C25H19N7O5/c1-37-21-11-6-15(13-31-24(35)18-4-2-3-5-19(18)25(31)36)12-20(21)23(34)28-27-22(33)16-7-9-17(10-8-16)32-14-26-29-30-32/h2-12,14H,13H2,1H3,(H,27,33)(H,28,34). The van der Waals surface area contributed by atoms with Gasteiger partial charge < -0.3 is 4.74 Å².